The Morgan fingerprint density at radius 1 is 1.47 bits per heavy atom. The number of rotatable bonds is 5. The molecule has 0 bridgehead atoms. The summed E-state index contributed by atoms with van der Waals surface area (Å²) in [5, 5.41) is 7.49. The molecular weight excluding hydrogens is 256 g/mol. The second kappa shape index (κ2) is 6.64. The van der Waals surface area contributed by atoms with Crippen molar-refractivity contribution in [1.82, 2.24) is 19.8 Å². The molecule has 4 nitrogen and oxygen atoms in total. The summed E-state index contributed by atoms with van der Waals surface area (Å²) in [6, 6.07) is 0. The van der Waals surface area contributed by atoms with Crippen LogP contribution in [0.4, 0.5) is 0 Å². The van der Waals surface area contributed by atoms with Crippen molar-refractivity contribution in [1.29, 1.82) is 0 Å². The molecule has 1 aliphatic heterocycles. The van der Waals surface area contributed by atoms with Crippen molar-refractivity contribution in [3.8, 4) is 0 Å². The SMILES string of the molecule is CCNCC1CCN(Cc2nnsc2Cl)CC1. The van der Waals surface area contributed by atoms with Gasteiger partial charge < -0.3 is 5.32 Å². The number of nitrogens with zero attached hydrogens (tertiary/aromatic N) is 3. The molecule has 2 heterocycles. The first-order valence-electron chi connectivity index (χ1n) is 6.19. The molecule has 0 radical (unpaired) electrons. The van der Waals surface area contributed by atoms with Gasteiger partial charge in [0.25, 0.3) is 0 Å². The summed E-state index contributed by atoms with van der Waals surface area (Å²) in [6.07, 6.45) is 2.53. The van der Waals surface area contributed by atoms with Crippen molar-refractivity contribution < 1.29 is 0 Å². The van der Waals surface area contributed by atoms with Crippen molar-refractivity contribution in [3.05, 3.63) is 10.0 Å². The van der Waals surface area contributed by atoms with Gasteiger partial charge in [-0.05, 0) is 44.9 Å². The molecule has 1 N–H and O–H groups in total. The number of hydrogen-bond acceptors (Lipinski definition) is 5. The fourth-order valence-electron chi connectivity index (χ4n) is 2.20. The molecule has 0 unspecified atom stereocenters. The normalized spacial score (nSPS) is 18.7. The van der Waals surface area contributed by atoms with Gasteiger partial charge in [-0.3, -0.25) is 4.90 Å². The molecule has 17 heavy (non-hydrogen) atoms. The molecule has 0 spiro atoms. The lowest BCUT2D eigenvalue weighted by Crippen LogP contribution is -2.37. The van der Waals surface area contributed by atoms with Gasteiger partial charge in [-0.25, -0.2) is 0 Å². The Morgan fingerprint density at radius 3 is 2.82 bits per heavy atom. The molecule has 96 valence electrons. The predicted molar refractivity (Wildman–Crippen MR) is 71.5 cm³/mol. The van der Waals surface area contributed by atoms with Crippen LogP contribution in [0.1, 0.15) is 25.5 Å². The van der Waals surface area contributed by atoms with Gasteiger partial charge in [-0.15, -0.1) is 5.10 Å². The molecule has 0 aromatic carbocycles. The van der Waals surface area contributed by atoms with E-state index in [-0.39, 0.29) is 0 Å². The van der Waals surface area contributed by atoms with Crippen LogP contribution in [0.5, 0.6) is 0 Å². The average Bonchev–Trinajstić information content (AvgIpc) is 2.74. The molecule has 1 aromatic heterocycles. The monoisotopic (exact) mass is 274 g/mol. The second-order valence-electron chi connectivity index (χ2n) is 4.52. The lowest BCUT2D eigenvalue weighted by atomic mass is 9.97. The quantitative estimate of drug-likeness (QED) is 0.892. The molecule has 1 saturated heterocycles. The van der Waals surface area contributed by atoms with E-state index >= 15 is 0 Å². The largest absolute Gasteiger partial charge is 0.317 e. The lowest BCUT2D eigenvalue weighted by Gasteiger charge is -2.31. The zero-order valence-corrected chi connectivity index (χ0v) is 11.7. The molecule has 1 aliphatic rings. The van der Waals surface area contributed by atoms with Crippen LogP contribution in [-0.2, 0) is 6.54 Å². The van der Waals surface area contributed by atoms with E-state index in [2.05, 4.69) is 26.7 Å². The molecule has 0 aliphatic carbocycles. The minimum atomic E-state index is 0.736. The predicted octanol–water partition coefficient (Wildman–Crippen LogP) is 2.01. The van der Waals surface area contributed by atoms with Crippen LogP contribution in [-0.4, -0.2) is 40.7 Å². The van der Waals surface area contributed by atoms with Crippen molar-refractivity contribution in [2.45, 2.75) is 26.3 Å². The van der Waals surface area contributed by atoms with Gasteiger partial charge in [0.15, 0.2) is 0 Å². The van der Waals surface area contributed by atoms with Gasteiger partial charge in [0, 0.05) is 18.1 Å². The Labute approximate surface area is 112 Å². The highest BCUT2D eigenvalue weighted by molar-refractivity contribution is 7.10. The summed E-state index contributed by atoms with van der Waals surface area (Å²) < 4.78 is 4.60. The number of nitrogens with one attached hydrogen (secondary N) is 1. The Kier molecular flexibility index (Phi) is 5.16. The standard InChI is InChI=1S/C11H19ClN4S/c1-2-13-7-9-3-5-16(6-4-9)8-10-11(12)17-15-14-10/h9,13H,2-8H2,1H3. The fraction of sp³-hybridized carbons (Fsp3) is 0.818. The van der Waals surface area contributed by atoms with E-state index < -0.39 is 0 Å². The summed E-state index contributed by atoms with van der Waals surface area (Å²) >= 11 is 7.29. The zero-order valence-electron chi connectivity index (χ0n) is 10.2. The van der Waals surface area contributed by atoms with Gasteiger partial charge in [0.1, 0.15) is 10.0 Å². The summed E-state index contributed by atoms with van der Waals surface area (Å²) in [7, 11) is 0. The first kappa shape index (κ1) is 13.2. The molecule has 1 aromatic rings. The molecule has 1 fully saturated rings. The van der Waals surface area contributed by atoms with Crippen molar-refractivity contribution in [2.24, 2.45) is 5.92 Å². The maximum atomic E-state index is 6.01. The minimum Gasteiger partial charge on any atom is -0.317 e. The van der Waals surface area contributed by atoms with Gasteiger partial charge in [0.2, 0.25) is 0 Å². The fourth-order valence-corrected chi connectivity index (χ4v) is 2.81. The highest BCUT2D eigenvalue weighted by atomic mass is 35.5. The first-order chi connectivity index (χ1) is 8.29. The Bertz CT molecular complexity index is 336. The molecule has 0 saturated carbocycles. The van der Waals surface area contributed by atoms with Crippen LogP contribution in [0, 0.1) is 5.92 Å². The van der Waals surface area contributed by atoms with E-state index in [1.165, 1.54) is 24.4 Å². The molecule has 0 atom stereocenters. The Morgan fingerprint density at radius 2 is 2.24 bits per heavy atom. The maximum Gasteiger partial charge on any atom is 0.138 e. The topological polar surface area (TPSA) is 41.0 Å². The Hall–Kier alpha value is -0.230. The van der Waals surface area contributed by atoms with E-state index in [1.54, 1.807) is 0 Å². The van der Waals surface area contributed by atoms with Gasteiger partial charge in [0.05, 0.1) is 0 Å². The van der Waals surface area contributed by atoms with Crippen molar-refractivity contribution in [2.75, 3.05) is 26.2 Å². The number of likely N-dealkylation sites (tertiary alicyclic amines) is 1. The van der Waals surface area contributed by atoms with E-state index in [9.17, 15) is 0 Å². The van der Waals surface area contributed by atoms with E-state index in [4.69, 9.17) is 11.6 Å². The highest BCUT2D eigenvalue weighted by Gasteiger charge is 2.20. The number of piperidine rings is 1. The van der Waals surface area contributed by atoms with Crippen LogP contribution in [0.2, 0.25) is 4.34 Å². The molecule has 0 amide bonds. The third-order valence-electron chi connectivity index (χ3n) is 3.27. The highest BCUT2D eigenvalue weighted by Crippen LogP contribution is 2.22. The molecular formula is C11H19ClN4S. The summed E-state index contributed by atoms with van der Waals surface area (Å²) in [6.45, 7) is 7.52. The smallest absolute Gasteiger partial charge is 0.138 e. The summed E-state index contributed by atoms with van der Waals surface area (Å²) in [5.41, 5.74) is 0.932. The third kappa shape index (κ3) is 3.88. The summed E-state index contributed by atoms with van der Waals surface area (Å²) in [5.74, 6) is 0.829. The van der Waals surface area contributed by atoms with Crippen molar-refractivity contribution >= 4 is 23.1 Å². The van der Waals surface area contributed by atoms with Gasteiger partial charge in [-0.2, -0.15) is 0 Å². The van der Waals surface area contributed by atoms with E-state index in [0.717, 1.165) is 48.7 Å². The lowest BCUT2D eigenvalue weighted by molar-refractivity contribution is 0.174. The van der Waals surface area contributed by atoms with Crippen LogP contribution >= 0.6 is 23.1 Å². The van der Waals surface area contributed by atoms with Crippen LogP contribution in [0.15, 0.2) is 0 Å². The molecule has 6 heteroatoms. The van der Waals surface area contributed by atoms with Gasteiger partial charge in [-0.1, -0.05) is 23.0 Å². The summed E-state index contributed by atoms with van der Waals surface area (Å²) in [4.78, 5) is 2.42. The number of halogens is 1. The zero-order chi connectivity index (χ0) is 12.1. The maximum absolute atomic E-state index is 6.01. The second-order valence-corrected chi connectivity index (χ2v) is 5.88. The van der Waals surface area contributed by atoms with Crippen LogP contribution < -0.4 is 5.32 Å². The first-order valence-corrected chi connectivity index (χ1v) is 7.34. The van der Waals surface area contributed by atoms with Gasteiger partial charge >= 0.3 is 0 Å². The van der Waals surface area contributed by atoms with Crippen LogP contribution in [0.3, 0.4) is 0 Å². The molecule has 2 rings (SSSR count). The minimum absolute atomic E-state index is 0.736. The number of hydrogen-bond donors (Lipinski definition) is 1. The Balaban J connectivity index is 1.74. The third-order valence-corrected chi connectivity index (χ3v) is 4.26. The average molecular weight is 275 g/mol. The van der Waals surface area contributed by atoms with E-state index in [0.29, 0.717) is 0 Å². The van der Waals surface area contributed by atoms with Crippen molar-refractivity contribution in [3.63, 3.8) is 0 Å². The number of aromatic nitrogens is 2. The van der Waals surface area contributed by atoms with E-state index in [1.807, 2.05) is 0 Å². The van der Waals surface area contributed by atoms with Crippen LogP contribution in [0.25, 0.3) is 0 Å².